The van der Waals surface area contributed by atoms with Crippen LogP contribution in [0.15, 0.2) is 17.0 Å². The van der Waals surface area contributed by atoms with E-state index in [1.807, 2.05) is 13.8 Å². The predicted molar refractivity (Wildman–Crippen MR) is 82.8 cm³/mol. The molecule has 2 N–H and O–H groups in total. The first kappa shape index (κ1) is 18.1. The van der Waals surface area contributed by atoms with Crippen LogP contribution in [0.1, 0.15) is 36.5 Å². The third-order valence-electron chi connectivity index (χ3n) is 3.26. The molecule has 1 aromatic rings. The molecule has 120 valence electrons. The molecule has 0 aliphatic heterocycles. The van der Waals surface area contributed by atoms with Gasteiger partial charge in [0, 0.05) is 19.8 Å². The number of rotatable bonds is 9. The van der Waals surface area contributed by atoms with E-state index in [0.29, 0.717) is 37.3 Å². The van der Waals surface area contributed by atoms with Crippen LogP contribution < -0.4 is 4.72 Å². The summed E-state index contributed by atoms with van der Waals surface area (Å²) in [6.07, 6.45) is 1.59. The maximum atomic E-state index is 12.3. The molecule has 1 rings (SSSR count). The van der Waals surface area contributed by atoms with E-state index in [1.54, 1.807) is 13.0 Å². The van der Waals surface area contributed by atoms with Crippen molar-refractivity contribution in [2.24, 2.45) is 0 Å². The number of aliphatic hydroxyl groups is 1. The van der Waals surface area contributed by atoms with Crippen LogP contribution in [0, 0.1) is 13.8 Å². The molecular formula is C15H25NO4S. The fraction of sp³-hybridized carbons (Fsp3) is 0.600. The normalized spacial score (nSPS) is 11.8. The van der Waals surface area contributed by atoms with E-state index < -0.39 is 10.0 Å². The second-order valence-corrected chi connectivity index (χ2v) is 6.79. The van der Waals surface area contributed by atoms with Gasteiger partial charge in [-0.25, -0.2) is 13.1 Å². The summed E-state index contributed by atoms with van der Waals surface area (Å²) < 4.78 is 32.6. The average Bonchev–Trinajstić information content (AvgIpc) is 2.45. The van der Waals surface area contributed by atoms with Gasteiger partial charge in [0.1, 0.15) is 0 Å². The molecule has 0 aliphatic rings. The number of ether oxygens (including phenoxy) is 1. The highest BCUT2D eigenvalue weighted by Crippen LogP contribution is 2.21. The van der Waals surface area contributed by atoms with E-state index in [-0.39, 0.29) is 11.5 Å². The van der Waals surface area contributed by atoms with Crippen LogP contribution in [0.2, 0.25) is 0 Å². The Labute approximate surface area is 127 Å². The Morgan fingerprint density at radius 1 is 1.24 bits per heavy atom. The zero-order valence-corrected chi connectivity index (χ0v) is 13.8. The molecule has 0 aliphatic carbocycles. The van der Waals surface area contributed by atoms with Gasteiger partial charge in [-0.05, 0) is 49.4 Å². The summed E-state index contributed by atoms with van der Waals surface area (Å²) in [6, 6.07) is 3.32. The van der Waals surface area contributed by atoms with Crippen LogP contribution in [0.5, 0.6) is 0 Å². The van der Waals surface area contributed by atoms with Crippen molar-refractivity contribution in [1.29, 1.82) is 0 Å². The molecule has 0 saturated heterocycles. The summed E-state index contributed by atoms with van der Waals surface area (Å²) >= 11 is 0. The molecule has 1 aromatic carbocycles. The molecule has 0 amide bonds. The summed E-state index contributed by atoms with van der Waals surface area (Å²) in [5.74, 6) is 0. The number of aryl methyl sites for hydroxylation is 1. The lowest BCUT2D eigenvalue weighted by Crippen LogP contribution is -2.26. The molecule has 21 heavy (non-hydrogen) atoms. The Hall–Kier alpha value is -0.950. The summed E-state index contributed by atoms with van der Waals surface area (Å²) in [4.78, 5) is 0.237. The molecule has 0 radical (unpaired) electrons. The lowest BCUT2D eigenvalue weighted by Gasteiger charge is -2.13. The van der Waals surface area contributed by atoms with Crippen molar-refractivity contribution in [2.75, 3.05) is 19.8 Å². The Balaban J connectivity index is 2.72. The third-order valence-corrected chi connectivity index (χ3v) is 4.84. The van der Waals surface area contributed by atoms with E-state index >= 15 is 0 Å². The first-order valence-electron chi connectivity index (χ1n) is 7.20. The van der Waals surface area contributed by atoms with Crippen LogP contribution in [0.3, 0.4) is 0 Å². The van der Waals surface area contributed by atoms with Crippen LogP contribution in [0.25, 0.3) is 0 Å². The van der Waals surface area contributed by atoms with Crippen LogP contribution in [-0.4, -0.2) is 33.3 Å². The first-order chi connectivity index (χ1) is 9.92. The van der Waals surface area contributed by atoms with Gasteiger partial charge in [-0.15, -0.1) is 0 Å². The second-order valence-electron chi connectivity index (χ2n) is 5.06. The Morgan fingerprint density at radius 2 is 1.95 bits per heavy atom. The van der Waals surface area contributed by atoms with Gasteiger partial charge in [-0.2, -0.15) is 0 Å². The van der Waals surface area contributed by atoms with E-state index in [9.17, 15) is 13.5 Å². The molecule has 0 atom stereocenters. The van der Waals surface area contributed by atoms with Gasteiger partial charge in [-0.1, -0.05) is 13.0 Å². The smallest absolute Gasteiger partial charge is 0.240 e. The molecule has 6 heteroatoms. The highest BCUT2D eigenvalue weighted by atomic mass is 32.2. The van der Waals surface area contributed by atoms with Crippen LogP contribution in [-0.2, 0) is 21.4 Å². The van der Waals surface area contributed by atoms with Crippen molar-refractivity contribution in [3.8, 4) is 0 Å². The zero-order valence-electron chi connectivity index (χ0n) is 13.0. The Kier molecular flexibility index (Phi) is 7.31. The third kappa shape index (κ3) is 5.39. The summed E-state index contributed by atoms with van der Waals surface area (Å²) in [6.45, 7) is 7.06. The fourth-order valence-electron chi connectivity index (χ4n) is 1.97. The van der Waals surface area contributed by atoms with Gasteiger partial charge in [0.15, 0.2) is 0 Å². The quantitative estimate of drug-likeness (QED) is 0.682. The Bertz CT molecular complexity index is 555. The molecular weight excluding hydrogens is 290 g/mol. The fourth-order valence-corrected chi connectivity index (χ4v) is 3.41. The number of benzene rings is 1. The number of hydrogen-bond donors (Lipinski definition) is 2. The van der Waals surface area contributed by atoms with Crippen molar-refractivity contribution < 1.29 is 18.3 Å². The molecule has 0 saturated carbocycles. The molecule has 0 heterocycles. The van der Waals surface area contributed by atoms with Gasteiger partial charge in [-0.3, -0.25) is 0 Å². The number of aliphatic hydroxyl groups excluding tert-OH is 1. The van der Waals surface area contributed by atoms with Crippen LogP contribution >= 0.6 is 0 Å². The van der Waals surface area contributed by atoms with Crippen molar-refractivity contribution in [1.82, 2.24) is 4.72 Å². The highest BCUT2D eigenvalue weighted by molar-refractivity contribution is 7.89. The predicted octanol–water partition coefficient (Wildman–Crippen LogP) is 1.89. The van der Waals surface area contributed by atoms with Crippen molar-refractivity contribution in [2.45, 2.75) is 45.1 Å². The van der Waals surface area contributed by atoms with Gasteiger partial charge < -0.3 is 9.84 Å². The number of sulfonamides is 1. The minimum absolute atomic E-state index is 0.172. The molecule has 0 aromatic heterocycles. The van der Waals surface area contributed by atoms with Gasteiger partial charge in [0.2, 0.25) is 10.0 Å². The monoisotopic (exact) mass is 315 g/mol. The summed E-state index contributed by atoms with van der Waals surface area (Å²) in [7, 11) is -3.56. The minimum Gasteiger partial charge on any atom is -0.392 e. The second kappa shape index (κ2) is 8.48. The van der Waals surface area contributed by atoms with E-state index in [4.69, 9.17) is 4.74 Å². The van der Waals surface area contributed by atoms with E-state index in [2.05, 4.69) is 4.72 Å². The van der Waals surface area contributed by atoms with E-state index in [0.717, 1.165) is 12.0 Å². The number of nitrogens with one attached hydrogen (secondary N) is 1. The standard InChI is InChI=1S/C15H25NO4S/c1-4-7-20-8-5-6-16-21(18,19)15-10-14(11-17)9-12(2)13(15)3/h9-10,16-17H,4-8,11H2,1-3H3. The van der Waals surface area contributed by atoms with E-state index in [1.165, 1.54) is 6.07 Å². The van der Waals surface area contributed by atoms with Crippen molar-refractivity contribution in [3.05, 3.63) is 28.8 Å². The van der Waals surface area contributed by atoms with Gasteiger partial charge in [0.25, 0.3) is 0 Å². The minimum atomic E-state index is -3.56. The first-order valence-corrected chi connectivity index (χ1v) is 8.69. The number of hydrogen-bond acceptors (Lipinski definition) is 4. The Morgan fingerprint density at radius 3 is 2.57 bits per heavy atom. The van der Waals surface area contributed by atoms with Crippen molar-refractivity contribution in [3.63, 3.8) is 0 Å². The highest BCUT2D eigenvalue weighted by Gasteiger charge is 2.18. The SMILES string of the molecule is CCCOCCCNS(=O)(=O)c1cc(CO)cc(C)c1C. The van der Waals surface area contributed by atoms with Crippen LogP contribution in [0.4, 0.5) is 0 Å². The van der Waals surface area contributed by atoms with Gasteiger partial charge in [0.05, 0.1) is 11.5 Å². The lowest BCUT2D eigenvalue weighted by atomic mass is 10.1. The largest absolute Gasteiger partial charge is 0.392 e. The lowest BCUT2D eigenvalue weighted by molar-refractivity contribution is 0.133. The topological polar surface area (TPSA) is 75.6 Å². The molecule has 0 fully saturated rings. The van der Waals surface area contributed by atoms with Gasteiger partial charge >= 0.3 is 0 Å². The summed E-state index contributed by atoms with van der Waals surface area (Å²) in [5, 5.41) is 9.21. The molecule has 0 unspecified atom stereocenters. The maximum absolute atomic E-state index is 12.3. The average molecular weight is 315 g/mol. The molecule has 5 nitrogen and oxygen atoms in total. The summed E-state index contributed by atoms with van der Waals surface area (Å²) in [5.41, 5.74) is 2.17. The zero-order chi connectivity index (χ0) is 15.9. The maximum Gasteiger partial charge on any atom is 0.240 e. The molecule has 0 bridgehead atoms. The van der Waals surface area contributed by atoms with Crippen molar-refractivity contribution >= 4 is 10.0 Å². The molecule has 0 spiro atoms.